The second-order valence-corrected chi connectivity index (χ2v) is 6.70. The summed E-state index contributed by atoms with van der Waals surface area (Å²) < 4.78 is 10.8. The maximum atomic E-state index is 12.5. The Morgan fingerprint density at radius 1 is 1.10 bits per heavy atom. The van der Waals surface area contributed by atoms with Crippen molar-refractivity contribution >= 4 is 29.0 Å². The van der Waals surface area contributed by atoms with Crippen molar-refractivity contribution in [3.8, 4) is 5.75 Å². The first-order chi connectivity index (χ1) is 14.0. The highest BCUT2D eigenvalue weighted by atomic mass is 16.5. The van der Waals surface area contributed by atoms with Crippen molar-refractivity contribution < 1.29 is 18.8 Å². The molecule has 8 nitrogen and oxygen atoms in total. The number of ether oxygens (including phenoxy) is 1. The average Bonchev–Trinajstić information content (AvgIpc) is 3.02. The number of carbonyl (C=O) groups excluding carboxylic acids is 2. The molecular weight excluding hydrogens is 372 g/mol. The summed E-state index contributed by atoms with van der Waals surface area (Å²) in [6, 6.07) is 13.9. The molecule has 0 aliphatic carbocycles. The lowest BCUT2D eigenvalue weighted by Crippen LogP contribution is -2.38. The molecule has 0 fully saturated rings. The molecule has 2 N–H and O–H groups in total. The molecule has 148 valence electrons. The van der Waals surface area contributed by atoms with E-state index in [1.54, 1.807) is 35.2 Å². The summed E-state index contributed by atoms with van der Waals surface area (Å²) in [5.74, 6) is 1.06. The van der Waals surface area contributed by atoms with E-state index in [0.717, 1.165) is 11.3 Å². The number of hydrogen-bond donors (Lipinski definition) is 2. The van der Waals surface area contributed by atoms with Crippen molar-refractivity contribution in [3.63, 3.8) is 0 Å². The minimum atomic E-state index is -0.378. The molecule has 3 aromatic rings. The lowest BCUT2D eigenvalue weighted by atomic mass is 10.1. The third-order valence-electron chi connectivity index (χ3n) is 4.69. The molecule has 29 heavy (non-hydrogen) atoms. The highest BCUT2D eigenvalue weighted by molar-refractivity contribution is 6.02. The van der Waals surface area contributed by atoms with E-state index < -0.39 is 0 Å². The fourth-order valence-corrected chi connectivity index (χ4v) is 3.15. The van der Waals surface area contributed by atoms with Crippen LogP contribution in [0, 0.1) is 13.8 Å². The standard InChI is InChI=1S/C21H20N4O4/c1-13-17(14(2)29-24-13)11-25-18-10-16(8-9-19(18)28-12-20(25)26)23-21(27)22-15-6-4-3-5-7-15/h3-10H,11-12H2,1-2H3,(H2,22,23,27). The number of aryl methyl sites for hydroxylation is 2. The number of para-hydroxylation sites is 1. The van der Waals surface area contributed by atoms with Crippen LogP contribution in [0.4, 0.5) is 21.9 Å². The number of anilines is 3. The van der Waals surface area contributed by atoms with Gasteiger partial charge in [0.1, 0.15) is 11.5 Å². The van der Waals surface area contributed by atoms with Gasteiger partial charge in [0.25, 0.3) is 5.91 Å². The van der Waals surface area contributed by atoms with Crippen LogP contribution in [0.15, 0.2) is 53.1 Å². The molecule has 0 spiro atoms. The van der Waals surface area contributed by atoms with Crippen molar-refractivity contribution in [3.05, 3.63) is 65.5 Å². The van der Waals surface area contributed by atoms with Crippen LogP contribution in [0.5, 0.6) is 5.75 Å². The zero-order valence-electron chi connectivity index (χ0n) is 16.1. The largest absolute Gasteiger partial charge is 0.482 e. The number of amides is 3. The predicted octanol–water partition coefficient (Wildman–Crippen LogP) is 3.86. The van der Waals surface area contributed by atoms with Crippen LogP contribution in [-0.2, 0) is 11.3 Å². The van der Waals surface area contributed by atoms with Crippen LogP contribution < -0.4 is 20.3 Å². The van der Waals surface area contributed by atoms with Gasteiger partial charge in [-0.05, 0) is 44.2 Å². The fourth-order valence-electron chi connectivity index (χ4n) is 3.15. The molecule has 0 bridgehead atoms. The van der Waals surface area contributed by atoms with Crippen LogP contribution in [0.2, 0.25) is 0 Å². The average molecular weight is 392 g/mol. The Kier molecular flexibility index (Phi) is 4.90. The van der Waals surface area contributed by atoms with E-state index >= 15 is 0 Å². The zero-order chi connectivity index (χ0) is 20.4. The Morgan fingerprint density at radius 2 is 1.86 bits per heavy atom. The number of urea groups is 1. The number of fused-ring (bicyclic) bond motifs is 1. The van der Waals surface area contributed by atoms with E-state index in [-0.39, 0.29) is 18.5 Å². The fraction of sp³-hybridized carbons (Fsp3) is 0.190. The minimum Gasteiger partial charge on any atom is -0.482 e. The van der Waals surface area contributed by atoms with Crippen LogP contribution in [0.3, 0.4) is 0 Å². The minimum absolute atomic E-state index is 0.0440. The second kappa shape index (κ2) is 7.67. The summed E-state index contributed by atoms with van der Waals surface area (Å²) in [5.41, 5.74) is 3.39. The first kappa shape index (κ1) is 18.5. The van der Waals surface area contributed by atoms with Gasteiger partial charge in [-0.25, -0.2) is 4.79 Å². The number of nitrogens with one attached hydrogen (secondary N) is 2. The summed E-state index contributed by atoms with van der Waals surface area (Å²) >= 11 is 0. The number of rotatable bonds is 4. The molecule has 2 aromatic carbocycles. The number of aromatic nitrogens is 1. The SMILES string of the molecule is Cc1noc(C)c1CN1C(=O)COc2ccc(NC(=O)Nc3ccccc3)cc21. The van der Waals surface area contributed by atoms with Crippen LogP contribution in [-0.4, -0.2) is 23.7 Å². The second-order valence-electron chi connectivity index (χ2n) is 6.70. The third-order valence-corrected chi connectivity index (χ3v) is 4.69. The van der Waals surface area contributed by atoms with Gasteiger partial charge in [-0.1, -0.05) is 23.4 Å². The third kappa shape index (κ3) is 3.91. The van der Waals surface area contributed by atoms with Gasteiger partial charge in [-0.3, -0.25) is 4.79 Å². The molecule has 0 atom stereocenters. The molecule has 4 rings (SSSR count). The van der Waals surface area contributed by atoms with Crippen molar-refractivity contribution in [2.45, 2.75) is 20.4 Å². The Hall–Kier alpha value is -3.81. The lowest BCUT2D eigenvalue weighted by molar-refractivity contribution is -0.121. The molecule has 0 radical (unpaired) electrons. The maximum absolute atomic E-state index is 12.5. The van der Waals surface area contributed by atoms with Gasteiger partial charge in [0.2, 0.25) is 0 Å². The maximum Gasteiger partial charge on any atom is 0.323 e. The smallest absolute Gasteiger partial charge is 0.323 e. The Balaban J connectivity index is 1.56. The summed E-state index contributed by atoms with van der Waals surface area (Å²) in [5, 5.41) is 9.49. The van der Waals surface area contributed by atoms with Gasteiger partial charge in [-0.15, -0.1) is 0 Å². The summed E-state index contributed by atoms with van der Waals surface area (Å²) in [6.07, 6.45) is 0. The summed E-state index contributed by atoms with van der Waals surface area (Å²) in [6.45, 7) is 3.92. The van der Waals surface area contributed by atoms with Crippen LogP contribution in [0.1, 0.15) is 17.0 Å². The molecule has 1 aliphatic heterocycles. The lowest BCUT2D eigenvalue weighted by Gasteiger charge is -2.29. The molecule has 0 saturated carbocycles. The Bertz CT molecular complexity index is 1040. The van der Waals surface area contributed by atoms with E-state index in [2.05, 4.69) is 15.8 Å². The monoisotopic (exact) mass is 392 g/mol. The number of benzene rings is 2. The quantitative estimate of drug-likeness (QED) is 0.703. The van der Waals surface area contributed by atoms with Crippen molar-refractivity contribution in [1.29, 1.82) is 0 Å². The molecule has 3 amide bonds. The van der Waals surface area contributed by atoms with Crippen molar-refractivity contribution in [2.75, 3.05) is 22.1 Å². The van der Waals surface area contributed by atoms with E-state index in [1.165, 1.54) is 0 Å². The predicted molar refractivity (Wildman–Crippen MR) is 108 cm³/mol. The van der Waals surface area contributed by atoms with E-state index in [4.69, 9.17) is 9.26 Å². The van der Waals surface area contributed by atoms with Crippen molar-refractivity contribution in [2.24, 2.45) is 0 Å². The molecule has 0 unspecified atom stereocenters. The highest BCUT2D eigenvalue weighted by Gasteiger charge is 2.28. The number of carbonyl (C=O) groups is 2. The molecule has 1 aliphatic rings. The van der Waals surface area contributed by atoms with Gasteiger partial charge in [0.15, 0.2) is 6.61 Å². The Morgan fingerprint density at radius 3 is 2.59 bits per heavy atom. The van der Waals surface area contributed by atoms with E-state index in [9.17, 15) is 9.59 Å². The molecule has 1 aromatic heterocycles. The summed E-state index contributed by atoms with van der Waals surface area (Å²) in [7, 11) is 0. The van der Waals surface area contributed by atoms with Gasteiger partial charge in [0, 0.05) is 16.9 Å². The number of nitrogens with zero attached hydrogens (tertiary/aromatic N) is 2. The Labute approximate surface area is 167 Å². The molecule has 0 saturated heterocycles. The normalized spacial score (nSPS) is 12.9. The van der Waals surface area contributed by atoms with Gasteiger partial charge in [-0.2, -0.15) is 0 Å². The first-order valence-corrected chi connectivity index (χ1v) is 9.13. The topological polar surface area (TPSA) is 96.7 Å². The molecule has 2 heterocycles. The first-order valence-electron chi connectivity index (χ1n) is 9.13. The zero-order valence-corrected chi connectivity index (χ0v) is 16.1. The van der Waals surface area contributed by atoms with Gasteiger partial charge < -0.3 is 24.8 Å². The van der Waals surface area contributed by atoms with Crippen LogP contribution >= 0.6 is 0 Å². The highest BCUT2D eigenvalue weighted by Crippen LogP contribution is 2.36. The van der Waals surface area contributed by atoms with Gasteiger partial charge in [0.05, 0.1) is 17.9 Å². The van der Waals surface area contributed by atoms with Crippen molar-refractivity contribution in [1.82, 2.24) is 5.16 Å². The van der Waals surface area contributed by atoms with Gasteiger partial charge >= 0.3 is 6.03 Å². The molecule has 8 heteroatoms. The van der Waals surface area contributed by atoms with E-state index in [1.807, 2.05) is 32.0 Å². The molecular formula is C21H20N4O4. The van der Waals surface area contributed by atoms with E-state index in [0.29, 0.717) is 35.1 Å². The number of hydrogen-bond acceptors (Lipinski definition) is 5. The summed E-state index contributed by atoms with van der Waals surface area (Å²) in [4.78, 5) is 26.4. The van der Waals surface area contributed by atoms with Crippen LogP contribution in [0.25, 0.3) is 0 Å².